The number of carbonyl (C=O) groups excluding carboxylic acids is 2. The molecule has 2 atom stereocenters. The number of hydrogen-bond acceptors (Lipinski definition) is 3. The van der Waals surface area contributed by atoms with Gasteiger partial charge in [-0.2, -0.15) is 0 Å². The van der Waals surface area contributed by atoms with Crippen LogP contribution < -0.4 is 5.32 Å². The van der Waals surface area contributed by atoms with E-state index in [-0.39, 0.29) is 22.6 Å². The van der Waals surface area contributed by atoms with E-state index < -0.39 is 11.9 Å². The van der Waals surface area contributed by atoms with Crippen molar-refractivity contribution in [2.75, 3.05) is 11.1 Å². The molecule has 0 radical (unpaired) electrons. The van der Waals surface area contributed by atoms with Crippen molar-refractivity contribution in [2.45, 2.75) is 51.4 Å². The van der Waals surface area contributed by atoms with Gasteiger partial charge in [0, 0.05) is 17.0 Å². The molecule has 0 aliphatic carbocycles. The van der Waals surface area contributed by atoms with E-state index in [2.05, 4.69) is 38.2 Å². The average molecular weight is 491 g/mol. The first-order valence-electron chi connectivity index (χ1n) is 11.7. The minimum absolute atomic E-state index is 0.0134. The summed E-state index contributed by atoms with van der Waals surface area (Å²) in [5.41, 5.74) is 5.46. The van der Waals surface area contributed by atoms with E-state index in [0.717, 1.165) is 16.7 Å². The maximum absolute atomic E-state index is 13.6. The highest BCUT2D eigenvalue weighted by atomic mass is 32.2. The Hall–Kier alpha value is -3.12. The van der Waals surface area contributed by atoms with Crippen molar-refractivity contribution in [3.05, 3.63) is 100 Å². The standard InChI is InChI=1S/C29H31FN2O2S/c1-18-6-15-24(16-19(18)2)31-26(33)25-17-35-28(21-7-11-22(12-8-21)29(3,4)5)32(25)27(34)20-9-13-23(30)14-10-20/h6-16,25,28H,17H2,1-5H3,(H,31,33). The van der Waals surface area contributed by atoms with Gasteiger partial charge in [0.25, 0.3) is 5.91 Å². The first-order chi connectivity index (χ1) is 16.5. The summed E-state index contributed by atoms with van der Waals surface area (Å²) in [5, 5.41) is 2.67. The second-order valence-corrected chi connectivity index (χ2v) is 11.2. The van der Waals surface area contributed by atoms with Crippen molar-refractivity contribution >= 4 is 29.3 Å². The number of thioether (sulfide) groups is 1. The van der Waals surface area contributed by atoms with Gasteiger partial charge in [-0.25, -0.2) is 4.39 Å². The molecule has 0 bridgehead atoms. The number of halogens is 1. The minimum atomic E-state index is -0.661. The summed E-state index contributed by atoms with van der Waals surface area (Å²) in [6, 6.07) is 18.8. The second kappa shape index (κ2) is 9.86. The molecule has 1 fully saturated rings. The van der Waals surface area contributed by atoms with Gasteiger partial charge in [0.2, 0.25) is 5.91 Å². The molecule has 3 aromatic rings. The summed E-state index contributed by atoms with van der Waals surface area (Å²) >= 11 is 1.57. The molecule has 1 heterocycles. The molecular weight excluding hydrogens is 459 g/mol. The number of hydrogen-bond donors (Lipinski definition) is 1. The zero-order valence-electron chi connectivity index (χ0n) is 20.8. The van der Waals surface area contributed by atoms with Crippen LogP contribution in [0.1, 0.15) is 58.8 Å². The van der Waals surface area contributed by atoms with Gasteiger partial charge in [-0.1, -0.05) is 51.1 Å². The Labute approximate surface area is 210 Å². The van der Waals surface area contributed by atoms with E-state index in [0.29, 0.717) is 17.0 Å². The van der Waals surface area contributed by atoms with Crippen molar-refractivity contribution in [3.8, 4) is 0 Å². The smallest absolute Gasteiger partial charge is 0.255 e. The number of nitrogens with zero attached hydrogens (tertiary/aromatic N) is 1. The number of nitrogens with one attached hydrogen (secondary N) is 1. The Morgan fingerprint density at radius 3 is 2.20 bits per heavy atom. The van der Waals surface area contributed by atoms with Gasteiger partial charge in [0.05, 0.1) is 0 Å². The number of anilines is 1. The molecule has 1 aliphatic heterocycles. The average Bonchev–Trinajstić information content (AvgIpc) is 3.26. The summed E-state index contributed by atoms with van der Waals surface area (Å²) < 4.78 is 13.5. The molecule has 2 amide bonds. The molecule has 0 saturated carbocycles. The second-order valence-electron chi connectivity index (χ2n) is 10.1. The molecule has 1 aliphatic rings. The minimum Gasteiger partial charge on any atom is -0.324 e. The van der Waals surface area contributed by atoms with Gasteiger partial charge in [-0.05, 0) is 77.9 Å². The van der Waals surface area contributed by atoms with Gasteiger partial charge in [-0.15, -0.1) is 11.8 Å². The summed E-state index contributed by atoms with van der Waals surface area (Å²) in [7, 11) is 0. The third-order valence-electron chi connectivity index (χ3n) is 6.47. The lowest BCUT2D eigenvalue weighted by atomic mass is 9.86. The van der Waals surface area contributed by atoms with Gasteiger partial charge in [0.15, 0.2) is 0 Å². The van der Waals surface area contributed by atoms with Gasteiger partial charge in [-0.3, -0.25) is 9.59 Å². The maximum atomic E-state index is 13.6. The topological polar surface area (TPSA) is 49.4 Å². The third-order valence-corrected chi connectivity index (χ3v) is 7.79. The summed E-state index contributed by atoms with van der Waals surface area (Å²) in [6.45, 7) is 10.5. The highest BCUT2D eigenvalue weighted by molar-refractivity contribution is 7.99. The first-order valence-corrected chi connectivity index (χ1v) is 12.8. The lowest BCUT2D eigenvalue weighted by molar-refractivity contribution is -0.119. The highest BCUT2D eigenvalue weighted by Crippen LogP contribution is 2.43. The fourth-order valence-electron chi connectivity index (χ4n) is 4.15. The Kier molecular flexibility index (Phi) is 7.04. The van der Waals surface area contributed by atoms with Gasteiger partial charge >= 0.3 is 0 Å². The molecule has 3 aromatic carbocycles. The highest BCUT2D eigenvalue weighted by Gasteiger charge is 2.42. The first kappa shape index (κ1) is 25.0. The lowest BCUT2D eigenvalue weighted by Crippen LogP contribution is -2.45. The SMILES string of the molecule is Cc1ccc(NC(=O)C2CSC(c3ccc(C(C)(C)C)cc3)N2C(=O)c2ccc(F)cc2)cc1C. The van der Waals surface area contributed by atoms with E-state index in [1.807, 2.05) is 44.2 Å². The van der Waals surface area contributed by atoms with Crippen molar-refractivity contribution in [1.82, 2.24) is 4.90 Å². The molecule has 6 heteroatoms. The predicted molar refractivity (Wildman–Crippen MR) is 141 cm³/mol. The van der Waals surface area contributed by atoms with Crippen molar-refractivity contribution in [3.63, 3.8) is 0 Å². The van der Waals surface area contributed by atoms with Crippen molar-refractivity contribution in [1.29, 1.82) is 0 Å². The van der Waals surface area contributed by atoms with Crippen LogP contribution in [0.4, 0.5) is 10.1 Å². The summed E-state index contributed by atoms with van der Waals surface area (Å²) in [4.78, 5) is 28.7. The molecular formula is C29H31FN2O2S. The molecule has 4 rings (SSSR count). The van der Waals surface area contributed by atoms with Crippen LogP contribution in [0.2, 0.25) is 0 Å². The monoisotopic (exact) mass is 490 g/mol. The van der Waals surface area contributed by atoms with Crippen LogP contribution in [0.5, 0.6) is 0 Å². The number of benzene rings is 3. The molecule has 182 valence electrons. The number of carbonyl (C=O) groups is 2. The summed E-state index contributed by atoms with van der Waals surface area (Å²) in [6.07, 6.45) is 0. The zero-order valence-corrected chi connectivity index (χ0v) is 21.6. The molecule has 4 nitrogen and oxygen atoms in total. The maximum Gasteiger partial charge on any atom is 0.255 e. The number of amides is 2. The van der Waals surface area contributed by atoms with Crippen LogP contribution in [0.15, 0.2) is 66.7 Å². The molecule has 2 unspecified atom stereocenters. The van der Waals surface area contributed by atoms with E-state index in [1.54, 1.807) is 16.7 Å². The predicted octanol–water partition coefficient (Wildman–Crippen LogP) is 6.64. The molecule has 1 N–H and O–H groups in total. The zero-order chi connectivity index (χ0) is 25.3. The fourth-order valence-corrected chi connectivity index (χ4v) is 5.58. The quantitative estimate of drug-likeness (QED) is 0.446. The van der Waals surface area contributed by atoms with Crippen LogP contribution >= 0.6 is 11.8 Å². The van der Waals surface area contributed by atoms with Gasteiger partial charge < -0.3 is 10.2 Å². The van der Waals surface area contributed by atoms with Crippen LogP contribution in [0.25, 0.3) is 0 Å². The largest absolute Gasteiger partial charge is 0.324 e. The normalized spacial score (nSPS) is 17.9. The van der Waals surface area contributed by atoms with Crippen molar-refractivity contribution in [2.24, 2.45) is 0 Å². The Bertz CT molecular complexity index is 1230. The van der Waals surface area contributed by atoms with Crippen LogP contribution in [0.3, 0.4) is 0 Å². The molecule has 1 saturated heterocycles. The summed E-state index contributed by atoms with van der Waals surface area (Å²) in [5.74, 6) is -0.462. The van der Waals surface area contributed by atoms with E-state index in [9.17, 15) is 14.0 Å². The number of rotatable bonds is 4. The van der Waals surface area contributed by atoms with Crippen LogP contribution in [0, 0.1) is 19.7 Å². The molecule has 0 spiro atoms. The molecule has 35 heavy (non-hydrogen) atoms. The Balaban J connectivity index is 1.66. The third kappa shape index (κ3) is 5.43. The van der Waals surface area contributed by atoms with E-state index in [1.165, 1.54) is 29.8 Å². The Morgan fingerprint density at radius 2 is 1.60 bits per heavy atom. The number of aryl methyl sites for hydroxylation is 2. The Morgan fingerprint density at radius 1 is 0.943 bits per heavy atom. The van der Waals surface area contributed by atoms with Crippen LogP contribution in [-0.4, -0.2) is 28.5 Å². The van der Waals surface area contributed by atoms with E-state index in [4.69, 9.17) is 0 Å². The fraction of sp³-hybridized carbons (Fsp3) is 0.310. The van der Waals surface area contributed by atoms with E-state index >= 15 is 0 Å². The molecule has 0 aromatic heterocycles. The van der Waals surface area contributed by atoms with Crippen LogP contribution in [-0.2, 0) is 10.2 Å². The van der Waals surface area contributed by atoms with Gasteiger partial charge in [0.1, 0.15) is 17.2 Å². The lowest BCUT2D eigenvalue weighted by Gasteiger charge is -2.30. The van der Waals surface area contributed by atoms with Crippen molar-refractivity contribution < 1.29 is 14.0 Å².